The lowest BCUT2D eigenvalue weighted by molar-refractivity contribution is 0.581. The Hall–Kier alpha value is -4.13. The van der Waals surface area contributed by atoms with Crippen LogP contribution < -0.4 is 10.6 Å². The molecule has 4 aromatic rings. The first-order chi connectivity index (χ1) is 15.9. The molecule has 1 atom stereocenters. The van der Waals surface area contributed by atoms with E-state index >= 15 is 0 Å². The Labute approximate surface area is 187 Å². The highest BCUT2D eigenvalue weighted by atomic mass is 19.1. The van der Waals surface area contributed by atoms with Gasteiger partial charge in [0.05, 0.1) is 17.2 Å². The van der Waals surface area contributed by atoms with Gasteiger partial charge in [-0.05, 0) is 37.6 Å². The summed E-state index contributed by atoms with van der Waals surface area (Å²) >= 11 is 0. The molecule has 168 valence electrons. The lowest BCUT2D eigenvalue weighted by atomic mass is 10.2. The summed E-state index contributed by atoms with van der Waals surface area (Å²) in [6, 6.07) is 8.89. The van der Waals surface area contributed by atoms with Crippen molar-refractivity contribution in [1.82, 2.24) is 19.5 Å². The molecule has 2 heterocycles. The van der Waals surface area contributed by atoms with Gasteiger partial charge >= 0.3 is 0 Å². The van der Waals surface area contributed by atoms with Crippen molar-refractivity contribution in [3.8, 4) is 11.8 Å². The van der Waals surface area contributed by atoms with E-state index in [1.807, 2.05) is 6.92 Å². The fraction of sp³-hybridized carbons (Fsp3) is 0.217. The number of hydrogen-bond donors (Lipinski definition) is 2. The zero-order chi connectivity index (χ0) is 23.5. The average molecular weight is 451 g/mol. The second kappa shape index (κ2) is 9.16. The van der Waals surface area contributed by atoms with Gasteiger partial charge in [0.15, 0.2) is 5.82 Å². The van der Waals surface area contributed by atoms with Gasteiger partial charge in [-0.25, -0.2) is 28.1 Å². The number of hydrogen-bond acceptors (Lipinski definition) is 6. The number of anilines is 2. The van der Waals surface area contributed by atoms with E-state index in [1.54, 1.807) is 13.0 Å². The Kier molecular flexibility index (Phi) is 6.13. The van der Waals surface area contributed by atoms with E-state index < -0.39 is 23.5 Å². The van der Waals surface area contributed by atoms with Crippen LogP contribution in [0, 0.1) is 28.8 Å². The highest BCUT2D eigenvalue weighted by Gasteiger charge is 2.22. The molecule has 0 aliphatic carbocycles. The highest BCUT2D eigenvalue weighted by molar-refractivity contribution is 5.79. The molecule has 10 heteroatoms. The van der Waals surface area contributed by atoms with Crippen molar-refractivity contribution in [2.75, 3.05) is 17.2 Å². The number of nitrogens with one attached hydrogen (secondary N) is 2. The normalized spacial score (nSPS) is 11.9. The predicted octanol–water partition coefficient (Wildman–Crippen LogP) is 5.10. The maximum atomic E-state index is 14.5. The molecular formula is C23H20F3N7. The number of aromatic nitrogens is 4. The van der Waals surface area contributed by atoms with Gasteiger partial charge in [-0.15, -0.1) is 0 Å². The predicted molar refractivity (Wildman–Crippen MR) is 119 cm³/mol. The topological polar surface area (TPSA) is 91.4 Å². The molecule has 2 N–H and O–H groups in total. The van der Waals surface area contributed by atoms with Crippen LogP contribution in [0.2, 0.25) is 0 Å². The van der Waals surface area contributed by atoms with Crippen LogP contribution in [0.5, 0.6) is 0 Å². The third-order valence-corrected chi connectivity index (χ3v) is 5.01. The number of benzene rings is 2. The molecule has 4 rings (SSSR count). The third kappa shape index (κ3) is 4.30. The number of imidazole rings is 1. The maximum Gasteiger partial charge on any atom is 0.151 e. The fourth-order valence-electron chi connectivity index (χ4n) is 3.56. The second-order valence-electron chi connectivity index (χ2n) is 7.39. The quantitative estimate of drug-likeness (QED) is 0.406. The van der Waals surface area contributed by atoms with E-state index in [0.717, 1.165) is 24.6 Å². The maximum absolute atomic E-state index is 14.5. The first-order valence-electron chi connectivity index (χ1n) is 10.3. The molecule has 0 aliphatic rings. The lowest BCUT2D eigenvalue weighted by Gasteiger charge is -2.18. The zero-order valence-corrected chi connectivity index (χ0v) is 17.9. The van der Waals surface area contributed by atoms with Gasteiger partial charge in [-0.1, -0.05) is 13.0 Å². The Morgan fingerprint density at radius 3 is 2.52 bits per heavy atom. The lowest BCUT2D eigenvalue weighted by Crippen LogP contribution is -2.16. The van der Waals surface area contributed by atoms with Crippen LogP contribution >= 0.6 is 0 Å². The first-order valence-corrected chi connectivity index (χ1v) is 10.3. The Bertz CT molecular complexity index is 1340. The van der Waals surface area contributed by atoms with Gasteiger partial charge in [-0.2, -0.15) is 5.26 Å². The summed E-state index contributed by atoms with van der Waals surface area (Å²) in [5.74, 6) is -1.19. The van der Waals surface area contributed by atoms with Gasteiger partial charge in [0.2, 0.25) is 0 Å². The van der Waals surface area contributed by atoms with Gasteiger partial charge in [-0.3, -0.25) is 4.57 Å². The van der Waals surface area contributed by atoms with Crippen LogP contribution in [-0.2, 0) is 0 Å². The van der Waals surface area contributed by atoms with Crippen molar-refractivity contribution in [3.05, 3.63) is 71.6 Å². The number of fused-ring (bicyclic) bond motifs is 1. The Balaban J connectivity index is 1.82. The molecule has 2 aromatic carbocycles. The minimum absolute atomic E-state index is 0.0549. The van der Waals surface area contributed by atoms with E-state index in [-0.39, 0.29) is 28.4 Å². The molecule has 0 saturated carbocycles. The van der Waals surface area contributed by atoms with Crippen LogP contribution in [-0.4, -0.2) is 26.1 Å². The SMILES string of the molecule is CCCNc1ncnc(NC(C)c2nc3c(F)cccc3n2-c2cc(F)cc(F)c2)c1C#N. The summed E-state index contributed by atoms with van der Waals surface area (Å²) < 4.78 is 44.0. The van der Waals surface area contributed by atoms with E-state index in [4.69, 9.17) is 0 Å². The molecule has 0 fully saturated rings. The van der Waals surface area contributed by atoms with Gasteiger partial charge in [0.25, 0.3) is 0 Å². The zero-order valence-electron chi connectivity index (χ0n) is 17.9. The monoisotopic (exact) mass is 451 g/mol. The number of para-hydroxylation sites is 1. The van der Waals surface area contributed by atoms with Crippen LogP contribution in [0.15, 0.2) is 42.7 Å². The molecule has 0 amide bonds. The van der Waals surface area contributed by atoms with Crippen molar-refractivity contribution >= 4 is 22.7 Å². The van der Waals surface area contributed by atoms with Crippen molar-refractivity contribution in [3.63, 3.8) is 0 Å². The number of rotatable bonds is 7. The standard InChI is InChI=1S/C23H20F3N7/c1-3-7-28-21-17(11-27)22(30-12-29-21)31-13(2)23-32-20-18(26)5-4-6-19(20)33(23)16-9-14(24)8-15(25)10-16/h4-6,8-10,12-13H,3,7H2,1-2H3,(H2,28,29,30,31). The largest absolute Gasteiger partial charge is 0.369 e. The summed E-state index contributed by atoms with van der Waals surface area (Å²) in [6.07, 6.45) is 2.16. The number of halogens is 3. The average Bonchev–Trinajstić information content (AvgIpc) is 3.18. The fourth-order valence-corrected chi connectivity index (χ4v) is 3.56. The van der Waals surface area contributed by atoms with Crippen molar-refractivity contribution < 1.29 is 13.2 Å². The summed E-state index contributed by atoms with van der Waals surface area (Å²) in [4.78, 5) is 12.7. The van der Waals surface area contributed by atoms with Gasteiger partial charge in [0, 0.05) is 12.6 Å². The van der Waals surface area contributed by atoms with E-state index in [0.29, 0.717) is 17.9 Å². The smallest absolute Gasteiger partial charge is 0.151 e. The highest BCUT2D eigenvalue weighted by Crippen LogP contribution is 2.30. The third-order valence-electron chi connectivity index (χ3n) is 5.01. The Morgan fingerprint density at radius 2 is 1.82 bits per heavy atom. The summed E-state index contributed by atoms with van der Waals surface area (Å²) in [7, 11) is 0. The molecule has 0 saturated heterocycles. The van der Waals surface area contributed by atoms with Crippen molar-refractivity contribution in [2.45, 2.75) is 26.3 Å². The molecular weight excluding hydrogens is 431 g/mol. The number of nitriles is 1. The minimum atomic E-state index is -0.774. The molecule has 1 unspecified atom stereocenters. The molecule has 2 aromatic heterocycles. The van der Waals surface area contributed by atoms with Crippen LogP contribution in [0.1, 0.15) is 37.7 Å². The van der Waals surface area contributed by atoms with Crippen molar-refractivity contribution in [1.29, 1.82) is 5.26 Å². The molecule has 33 heavy (non-hydrogen) atoms. The summed E-state index contributed by atoms with van der Waals surface area (Å²) in [5.41, 5.74) is 0.762. The minimum Gasteiger partial charge on any atom is -0.369 e. The molecule has 0 aliphatic heterocycles. The van der Waals surface area contributed by atoms with Gasteiger partial charge in [0.1, 0.15) is 52.6 Å². The Morgan fingerprint density at radius 1 is 1.09 bits per heavy atom. The van der Waals surface area contributed by atoms with Crippen LogP contribution in [0.4, 0.5) is 24.8 Å². The summed E-state index contributed by atoms with van der Waals surface area (Å²) in [6.45, 7) is 4.34. The molecule has 0 radical (unpaired) electrons. The van der Waals surface area contributed by atoms with Gasteiger partial charge < -0.3 is 10.6 Å². The second-order valence-corrected chi connectivity index (χ2v) is 7.39. The molecule has 0 spiro atoms. The molecule has 0 bridgehead atoms. The van der Waals surface area contributed by atoms with E-state index in [1.165, 1.54) is 23.0 Å². The van der Waals surface area contributed by atoms with Crippen LogP contribution in [0.3, 0.4) is 0 Å². The molecule has 7 nitrogen and oxygen atoms in total. The van der Waals surface area contributed by atoms with E-state index in [9.17, 15) is 18.4 Å². The van der Waals surface area contributed by atoms with Crippen LogP contribution in [0.25, 0.3) is 16.7 Å². The summed E-state index contributed by atoms with van der Waals surface area (Å²) in [5, 5.41) is 15.8. The van der Waals surface area contributed by atoms with E-state index in [2.05, 4.69) is 31.7 Å². The first kappa shape index (κ1) is 22.1. The van der Waals surface area contributed by atoms with Crippen molar-refractivity contribution in [2.24, 2.45) is 0 Å². The number of nitrogens with zero attached hydrogens (tertiary/aromatic N) is 5.